The van der Waals surface area contributed by atoms with Crippen LogP contribution in [-0.2, 0) is 4.79 Å². The molecule has 2 atom stereocenters. The Morgan fingerprint density at radius 3 is 2.69 bits per heavy atom. The number of amides is 1. The molecule has 0 aromatic rings. The van der Waals surface area contributed by atoms with Gasteiger partial charge in [-0.15, -0.1) is 11.6 Å². The third-order valence-electron chi connectivity index (χ3n) is 3.37. The van der Waals surface area contributed by atoms with Crippen LogP contribution in [0.5, 0.6) is 0 Å². The molecule has 1 amide bonds. The molecule has 0 aromatic heterocycles. The number of hydrogen-bond donors (Lipinski definition) is 1. The molecule has 4 heteroatoms. The normalized spacial score (nSPS) is 27.8. The van der Waals surface area contributed by atoms with E-state index in [1.54, 1.807) is 0 Å². The van der Waals surface area contributed by atoms with Crippen molar-refractivity contribution in [2.45, 2.75) is 33.2 Å². The van der Waals surface area contributed by atoms with E-state index in [1.165, 1.54) is 0 Å². The molecule has 0 saturated carbocycles. The Bertz CT molecular complexity index is 255. The van der Waals surface area contributed by atoms with E-state index in [2.05, 4.69) is 24.2 Å². The van der Waals surface area contributed by atoms with Gasteiger partial charge in [-0.3, -0.25) is 4.79 Å². The largest absolute Gasteiger partial charge is 0.353 e. The highest BCUT2D eigenvalue weighted by molar-refractivity contribution is 6.19. The van der Waals surface area contributed by atoms with Gasteiger partial charge in [0.05, 0.1) is 5.41 Å². The van der Waals surface area contributed by atoms with E-state index in [0.29, 0.717) is 17.8 Å². The number of nitrogens with one attached hydrogen (secondary N) is 1. The summed E-state index contributed by atoms with van der Waals surface area (Å²) < 4.78 is 0. The highest BCUT2D eigenvalue weighted by Gasteiger charge is 2.31. The second-order valence-electron chi connectivity index (χ2n) is 5.63. The van der Waals surface area contributed by atoms with Gasteiger partial charge in [-0.2, -0.15) is 0 Å². The van der Waals surface area contributed by atoms with Crippen LogP contribution in [0.25, 0.3) is 0 Å². The van der Waals surface area contributed by atoms with E-state index < -0.39 is 5.41 Å². The number of carbonyl (C=O) groups excluding carboxylic acids is 1. The first-order valence-electron chi connectivity index (χ1n) is 5.92. The quantitative estimate of drug-likeness (QED) is 0.769. The van der Waals surface area contributed by atoms with Crippen molar-refractivity contribution >= 4 is 17.5 Å². The summed E-state index contributed by atoms with van der Waals surface area (Å²) in [7, 11) is 2.12. The van der Waals surface area contributed by atoms with Gasteiger partial charge in [0.2, 0.25) is 5.91 Å². The number of hydrogen-bond acceptors (Lipinski definition) is 2. The van der Waals surface area contributed by atoms with E-state index in [4.69, 9.17) is 11.6 Å². The van der Waals surface area contributed by atoms with Crippen LogP contribution in [0, 0.1) is 11.3 Å². The molecule has 1 N–H and O–H groups in total. The smallest absolute Gasteiger partial charge is 0.227 e. The third kappa shape index (κ3) is 3.36. The molecule has 0 aromatic carbocycles. The number of nitrogens with zero attached hydrogens (tertiary/aromatic N) is 1. The van der Waals surface area contributed by atoms with Crippen LogP contribution in [0.1, 0.15) is 27.2 Å². The van der Waals surface area contributed by atoms with Gasteiger partial charge in [0.1, 0.15) is 0 Å². The Morgan fingerprint density at radius 2 is 2.19 bits per heavy atom. The van der Waals surface area contributed by atoms with Gasteiger partial charge in [-0.1, -0.05) is 6.92 Å². The Hall–Kier alpha value is -0.280. The lowest BCUT2D eigenvalue weighted by molar-refractivity contribution is -0.129. The van der Waals surface area contributed by atoms with E-state index >= 15 is 0 Å². The van der Waals surface area contributed by atoms with E-state index in [0.717, 1.165) is 19.5 Å². The number of rotatable bonds is 3. The lowest BCUT2D eigenvalue weighted by Gasteiger charge is -2.36. The maximum absolute atomic E-state index is 12.0. The Balaban J connectivity index is 2.51. The van der Waals surface area contributed by atoms with E-state index in [-0.39, 0.29) is 5.91 Å². The number of halogens is 1. The SMILES string of the molecule is CC1CN(C)CCC1NC(=O)C(C)(C)CCl. The molecule has 2 unspecified atom stereocenters. The van der Waals surface area contributed by atoms with Crippen molar-refractivity contribution in [3.63, 3.8) is 0 Å². The topological polar surface area (TPSA) is 32.3 Å². The van der Waals surface area contributed by atoms with Crippen LogP contribution in [0.15, 0.2) is 0 Å². The van der Waals surface area contributed by atoms with Gasteiger partial charge in [-0.25, -0.2) is 0 Å². The summed E-state index contributed by atoms with van der Waals surface area (Å²) in [5.41, 5.74) is -0.468. The molecular weight excluding hydrogens is 224 g/mol. The molecule has 1 aliphatic rings. The summed E-state index contributed by atoms with van der Waals surface area (Å²) in [5.74, 6) is 0.942. The lowest BCUT2D eigenvalue weighted by atomic mass is 9.90. The molecule has 1 heterocycles. The van der Waals surface area contributed by atoms with Crippen molar-refractivity contribution in [1.82, 2.24) is 10.2 Å². The van der Waals surface area contributed by atoms with Crippen LogP contribution in [0.3, 0.4) is 0 Å². The van der Waals surface area contributed by atoms with Gasteiger partial charge in [0.25, 0.3) is 0 Å². The fraction of sp³-hybridized carbons (Fsp3) is 0.917. The molecule has 1 aliphatic heterocycles. The molecule has 16 heavy (non-hydrogen) atoms. The summed E-state index contributed by atoms with van der Waals surface area (Å²) in [6.07, 6.45) is 1.03. The zero-order chi connectivity index (χ0) is 12.3. The fourth-order valence-corrected chi connectivity index (χ4v) is 2.11. The molecule has 1 fully saturated rings. The highest BCUT2D eigenvalue weighted by Crippen LogP contribution is 2.20. The van der Waals surface area contributed by atoms with Crippen molar-refractivity contribution in [3.8, 4) is 0 Å². The average Bonchev–Trinajstić information content (AvgIpc) is 2.22. The van der Waals surface area contributed by atoms with Crippen molar-refractivity contribution in [3.05, 3.63) is 0 Å². The molecular formula is C12H23ClN2O. The number of alkyl halides is 1. The molecule has 0 aliphatic carbocycles. The molecule has 0 spiro atoms. The fourth-order valence-electron chi connectivity index (χ4n) is 1.99. The second kappa shape index (κ2) is 5.37. The molecule has 1 rings (SSSR count). The van der Waals surface area contributed by atoms with Gasteiger partial charge in [0.15, 0.2) is 0 Å². The Labute approximate surface area is 104 Å². The summed E-state index contributed by atoms with van der Waals surface area (Å²) in [6.45, 7) is 8.06. The second-order valence-corrected chi connectivity index (χ2v) is 5.89. The number of piperidine rings is 1. The van der Waals surface area contributed by atoms with Gasteiger partial charge in [-0.05, 0) is 39.8 Å². The zero-order valence-electron chi connectivity index (χ0n) is 10.7. The summed E-state index contributed by atoms with van der Waals surface area (Å²) in [6, 6.07) is 0.297. The Kier molecular flexibility index (Phi) is 4.62. The summed E-state index contributed by atoms with van der Waals surface area (Å²) >= 11 is 5.80. The third-order valence-corrected chi connectivity index (χ3v) is 4.04. The summed E-state index contributed by atoms with van der Waals surface area (Å²) in [4.78, 5) is 14.3. The maximum Gasteiger partial charge on any atom is 0.227 e. The van der Waals surface area contributed by atoms with Gasteiger partial charge in [0, 0.05) is 18.5 Å². The number of carbonyl (C=O) groups is 1. The van der Waals surface area contributed by atoms with E-state index in [9.17, 15) is 4.79 Å². The van der Waals surface area contributed by atoms with Crippen LogP contribution < -0.4 is 5.32 Å². The zero-order valence-corrected chi connectivity index (χ0v) is 11.5. The highest BCUT2D eigenvalue weighted by atomic mass is 35.5. The minimum absolute atomic E-state index is 0.0731. The minimum atomic E-state index is -0.468. The monoisotopic (exact) mass is 246 g/mol. The lowest BCUT2D eigenvalue weighted by Crippen LogP contribution is -2.52. The van der Waals surface area contributed by atoms with Gasteiger partial charge < -0.3 is 10.2 Å². The predicted molar refractivity (Wildman–Crippen MR) is 67.7 cm³/mol. The molecule has 1 saturated heterocycles. The van der Waals surface area contributed by atoms with Crippen molar-refractivity contribution < 1.29 is 4.79 Å². The van der Waals surface area contributed by atoms with Crippen LogP contribution in [-0.4, -0.2) is 42.9 Å². The maximum atomic E-state index is 12.0. The average molecular weight is 247 g/mol. The first-order chi connectivity index (χ1) is 7.36. The minimum Gasteiger partial charge on any atom is -0.353 e. The Morgan fingerprint density at radius 1 is 1.56 bits per heavy atom. The van der Waals surface area contributed by atoms with Crippen molar-refractivity contribution in [2.24, 2.45) is 11.3 Å². The molecule has 3 nitrogen and oxygen atoms in total. The summed E-state index contributed by atoms with van der Waals surface area (Å²) in [5, 5.41) is 3.13. The van der Waals surface area contributed by atoms with Crippen LogP contribution in [0.2, 0.25) is 0 Å². The standard InChI is InChI=1S/C12H23ClN2O/c1-9-7-15(4)6-5-10(9)14-11(16)12(2,3)8-13/h9-10H,5-8H2,1-4H3,(H,14,16). The van der Waals surface area contributed by atoms with Crippen molar-refractivity contribution in [1.29, 1.82) is 0 Å². The van der Waals surface area contributed by atoms with Crippen LogP contribution >= 0.6 is 11.6 Å². The number of likely N-dealkylation sites (tertiary alicyclic amines) is 1. The predicted octanol–water partition coefficient (Wildman–Crippen LogP) is 1.71. The molecule has 0 bridgehead atoms. The van der Waals surface area contributed by atoms with Crippen molar-refractivity contribution in [2.75, 3.05) is 26.0 Å². The van der Waals surface area contributed by atoms with E-state index in [1.807, 2.05) is 13.8 Å². The first-order valence-corrected chi connectivity index (χ1v) is 6.45. The van der Waals surface area contributed by atoms with Gasteiger partial charge >= 0.3 is 0 Å². The first kappa shape index (κ1) is 13.8. The van der Waals surface area contributed by atoms with Crippen LogP contribution in [0.4, 0.5) is 0 Å². The molecule has 0 radical (unpaired) electrons. The molecule has 94 valence electrons.